The fourth-order valence-electron chi connectivity index (χ4n) is 0.290. The molecule has 1 radical (unpaired) electrons. The van der Waals surface area contributed by atoms with E-state index in [-0.39, 0.29) is 5.92 Å². The fraction of sp³-hybridized carbons (Fsp3) is 0.571. The number of carbonyl (C=O) groups is 2. The van der Waals surface area contributed by atoms with Crippen LogP contribution in [-0.4, -0.2) is 19.0 Å². The van der Waals surface area contributed by atoms with Crippen molar-refractivity contribution in [3.8, 4) is 0 Å². The van der Waals surface area contributed by atoms with Crippen molar-refractivity contribution in [3.05, 3.63) is 6.61 Å². The topological polar surface area (TPSA) is 52.6 Å². The van der Waals surface area contributed by atoms with Crippen molar-refractivity contribution in [1.82, 2.24) is 0 Å². The molecule has 0 aromatic carbocycles. The molecule has 0 aliphatic heterocycles. The van der Waals surface area contributed by atoms with E-state index >= 15 is 0 Å². The number of esters is 2. The summed E-state index contributed by atoms with van der Waals surface area (Å²) in [5, 5.41) is 0. The lowest BCUT2D eigenvalue weighted by molar-refractivity contribution is -0.153. The summed E-state index contributed by atoms with van der Waals surface area (Å²) in [4.78, 5) is 21.1. The van der Waals surface area contributed by atoms with E-state index in [1.165, 1.54) is 7.11 Å². The summed E-state index contributed by atoms with van der Waals surface area (Å²) in [6.45, 7) is 4.10. The van der Waals surface area contributed by atoms with Gasteiger partial charge in [-0.3, -0.25) is 4.79 Å². The Morgan fingerprint density at radius 1 is 1.36 bits per heavy atom. The lowest BCUT2D eigenvalue weighted by atomic mass is 10.2. The van der Waals surface area contributed by atoms with Gasteiger partial charge in [0.15, 0.2) is 0 Å². The molecule has 0 amide bonds. The van der Waals surface area contributed by atoms with Crippen LogP contribution in [0, 0.1) is 12.5 Å². The normalized spacial score (nSPS) is 9.45. The first-order valence-corrected chi connectivity index (χ1v) is 3.19. The largest absolute Gasteiger partial charge is 0.466 e. The monoisotopic (exact) mass is 159 g/mol. The van der Waals surface area contributed by atoms with E-state index < -0.39 is 11.9 Å². The summed E-state index contributed by atoms with van der Waals surface area (Å²) < 4.78 is 8.63. The number of rotatable bonds is 3. The number of carbonyl (C=O) groups excluding carboxylic acids is 2. The maximum absolute atomic E-state index is 10.7. The molecule has 0 heterocycles. The molecule has 0 aromatic heterocycles. The van der Waals surface area contributed by atoms with Gasteiger partial charge >= 0.3 is 11.9 Å². The first-order chi connectivity index (χ1) is 5.07. The molecule has 0 aliphatic carbocycles. The highest BCUT2D eigenvalue weighted by Gasteiger charge is 2.11. The van der Waals surface area contributed by atoms with Gasteiger partial charge in [0.25, 0.3) is 0 Å². The van der Waals surface area contributed by atoms with E-state index in [0.29, 0.717) is 0 Å². The van der Waals surface area contributed by atoms with Crippen LogP contribution in [0.1, 0.15) is 13.8 Å². The van der Waals surface area contributed by atoms with Gasteiger partial charge < -0.3 is 9.47 Å². The van der Waals surface area contributed by atoms with Crippen molar-refractivity contribution in [3.63, 3.8) is 0 Å². The van der Waals surface area contributed by atoms with Crippen LogP contribution in [0.5, 0.6) is 0 Å². The Hall–Kier alpha value is -1.06. The Kier molecular flexibility index (Phi) is 4.26. The van der Waals surface area contributed by atoms with Gasteiger partial charge in [0.05, 0.1) is 13.0 Å². The van der Waals surface area contributed by atoms with E-state index in [1.807, 2.05) is 0 Å². The highest BCUT2D eigenvalue weighted by Crippen LogP contribution is 1.97. The van der Waals surface area contributed by atoms with Crippen molar-refractivity contribution in [1.29, 1.82) is 0 Å². The predicted octanol–water partition coefficient (Wildman–Crippen LogP) is 0.520. The maximum Gasteiger partial charge on any atom is 0.351 e. The van der Waals surface area contributed by atoms with E-state index in [4.69, 9.17) is 0 Å². The Labute approximate surface area is 65.5 Å². The van der Waals surface area contributed by atoms with Crippen LogP contribution in [0.2, 0.25) is 0 Å². The molecule has 0 saturated carbocycles. The summed E-state index contributed by atoms with van der Waals surface area (Å²) in [6, 6.07) is 0. The quantitative estimate of drug-likeness (QED) is 0.563. The molecule has 11 heavy (non-hydrogen) atoms. The SMILES string of the molecule is COC(=O)[CH]OC(=O)C(C)C. The van der Waals surface area contributed by atoms with Gasteiger partial charge in [-0.1, -0.05) is 13.8 Å². The highest BCUT2D eigenvalue weighted by atomic mass is 16.6. The Balaban J connectivity index is 3.54. The summed E-state index contributed by atoms with van der Waals surface area (Å²) in [5.74, 6) is -1.36. The smallest absolute Gasteiger partial charge is 0.351 e. The first-order valence-electron chi connectivity index (χ1n) is 3.19. The first kappa shape index (κ1) is 9.94. The zero-order valence-electron chi connectivity index (χ0n) is 6.79. The summed E-state index contributed by atoms with van der Waals surface area (Å²) in [7, 11) is 1.21. The Bertz CT molecular complexity index is 151. The third-order valence-corrected chi connectivity index (χ3v) is 0.944. The van der Waals surface area contributed by atoms with Crippen LogP contribution >= 0.6 is 0 Å². The molecular formula is C7H11O4. The van der Waals surface area contributed by atoms with Crippen molar-refractivity contribution in [2.45, 2.75) is 13.8 Å². The standard InChI is InChI=1S/C7H11O4/c1-5(2)7(9)11-4-6(8)10-3/h4-5H,1-3H3. The summed E-state index contributed by atoms with van der Waals surface area (Å²) in [5.41, 5.74) is 0. The average Bonchev–Trinajstić information content (AvgIpc) is 1.99. The number of ether oxygens (including phenoxy) is 2. The molecule has 0 saturated heterocycles. The zero-order valence-corrected chi connectivity index (χ0v) is 6.79. The maximum atomic E-state index is 10.7. The molecule has 4 heteroatoms. The van der Waals surface area contributed by atoms with Crippen LogP contribution in [0.15, 0.2) is 0 Å². The molecule has 0 rings (SSSR count). The lowest BCUT2D eigenvalue weighted by Gasteiger charge is -2.03. The van der Waals surface area contributed by atoms with E-state index in [1.54, 1.807) is 13.8 Å². The van der Waals surface area contributed by atoms with Crippen LogP contribution in [-0.2, 0) is 19.1 Å². The molecule has 63 valence electrons. The minimum absolute atomic E-state index is 0.240. The minimum atomic E-state index is -0.668. The van der Waals surface area contributed by atoms with Crippen molar-refractivity contribution >= 4 is 11.9 Å². The van der Waals surface area contributed by atoms with E-state index in [0.717, 1.165) is 6.61 Å². The second-order valence-corrected chi connectivity index (χ2v) is 2.23. The molecule has 0 aromatic rings. The molecular weight excluding hydrogens is 148 g/mol. The van der Waals surface area contributed by atoms with Crippen LogP contribution in [0.3, 0.4) is 0 Å². The van der Waals surface area contributed by atoms with Gasteiger partial charge in [0.1, 0.15) is 0 Å². The number of hydrogen-bond donors (Lipinski definition) is 0. The summed E-state index contributed by atoms with van der Waals surface area (Å²) in [6.07, 6.45) is 0. The molecule has 0 unspecified atom stereocenters. The van der Waals surface area contributed by atoms with Crippen LogP contribution in [0.25, 0.3) is 0 Å². The molecule has 0 aliphatic rings. The second kappa shape index (κ2) is 4.71. The van der Waals surface area contributed by atoms with Gasteiger partial charge in [0.2, 0.25) is 6.61 Å². The molecule has 0 atom stereocenters. The van der Waals surface area contributed by atoms with Gasteiger partial charge in [-0.05, 0) is 0 Å². The van der Waals surface area contributed by atoms with Gasteiger partial charge in [-0.2, -0.15) is 0 Å². The van der Waals surface area contributed by atoms with E-state index in [9.17, 15) is 9.59 Å². The minimum Gasteiger partial charge on any atom is -0.466 e. The highest BCUT2D eigenvalue weighted by molar-refractivity contribution is 5.81. The Morgan fingerprint density at radius 2 is 1.91 bits per heavy atom. The fourth-order valence-corrected chi connectivity index (χ4v) is 0.290. The van der Waals surface area contributed by atoms with Crippen LogP contribution < -0.4 is 0 Å². The molecule has 4 nitrogen and oxygen atoms in total. The van der Waals surface area contributed by atoms with Crippen molar-refractivity contribution < 1.29 is 19.1 Å². The van der Waals surface area contributed by atoms with Crippen LogP contribution in [0.4, 0.5) is 0 Å². The summed E-state index contributed by atoms with van der Waals surface area (Å²) >= 11 is 0. The lowest BCUT2D eigenvalue weighted by Crippen LogP contribution is -2.14. The van der Waals surface area contributed by atoms with Crippen molar-refractivity contribution in [2.75, 3.05) is 7.11 Å². The number of hydrogen-bond acceptors (Lipinski definition) is 4. The number of methoxy groups -OCH3 is 1. The van der Waals surface area contributed by atoms with E-state index in [2.05, 4.69) is 9.47 Å². The molecule has 0 bridgehead atoms. The third kappa shape index (κ3) is 4.36. The zero-order chi connectivity index (χ0) is 8.85. The second-order valence-electron chi connectivity index (χ2n) is 2.23. The predicted molar refractivity (Wildman–Crippen MR) is 37.2 cm³/mol. The van der Waals surface area contributed by atoms with Gasteiger partial charge in [-0.15, -0.1) is 0 Å². The molecule has 0 spiro atoms. The van der Waals surface area contributed by atoms with Gasteiger partial charge in [0, 0.05) is 0 Å². The Morgan fingerprint density at radius 3 is 2.27 bits per heavy atom. The molecule has 0 N–H and O–H groups in total. The van der Waals surface area contributed by atoms with Crippen molar-refractivity contribution in [2.24, 2.45) is 5.92 Å². The average molecular weight is 159 g/mol. The van der Waals surface area contributed by atoms with Gasteiger partial charge in [-0.25, -0.2) is 4.79 Å². The molecule has 0 fully saturated rings. The third-order valence-electron chi connectivity index (χ3n) is 0.944.